The van der Waals surface area contributed by atoms with E-state index in [2.05, 4.69) is 32.1 Å². The molecule has 2 heterocycles. The molecule has 1 N–H and O–H groups in total. The molecule has 0 bridgehead atoms. The van der Waals surface area contributed by atoms with Gasteiger partial charge in [-0.25, -0.2) is 9.97 Å². The summed E-state index contributed by atoms with van der Waals surface area (Å²) in [6, 6.07) is 2.15. The zero-order valence-electron chi connectivity index (χ0n) is 14.2. The highest BCUT2D eigenvalue weighted by Crippen LogP contribution is 2.19. The van der Waals surface area contributed by atoms with E-state index in [0.717, 1.165) is 44.8 Å². The quantitative estimate of drug-likeness (QED) is 0.917. The predicted molar refractivity (Wildman–Crippen MR) is 90.8 cm³/mol. The Morgan fingerprint density at radius 3 is 2.52 bits per heavy atom. The molecule has 1 aromatic heterocycles. The number of hydrogen-bond acceptors (Lipinski definition) is 5. The maximum atomic E-state index is 12.5. The summed E-state index contributed by atoms with van der Waals surface area (Å²) in [6.45, 7) is 5.78. The number of aromatic nitrogens is 2. The molecule has 23 heavy (non-hydrogen) atoms. The summed E-state index contributed by atoms with van der Waals surface area (Å²) in [5.41, 5.74) is 0.497. The van der Waals surface area contributed by atoms with E-state index in [1.54, 1.807) is 0 Å². The number of nitrogens with one attached hydrogen (secondary N) is 1. The molecule has 1 aliphatic carbocycles. The van der Waals surface area contributed by atoms with E-state index in [-0.39, 0.29) is 5.91 Å². The number of hydrogen-bond donors (Lipinski definition) is 1. The molecule has 0 radical (unpaired) electrons. The maximum absolute atomic E-state index is 12.5. The number of nitrogens with zero attached hydrogens (tertiary/aromatic N) is 4. The first-order chi connectivity index (χ1) is 11.1. The van der Waals surface area contributed by atoms with Gasteiger partial charge in [-0.15, -0.1) is 0 Å². The minimum Gasteiger partial charge on any atom is -0.354 e. The van der Waals surface area contributed by atoms with Crippen molar-refractivity contribution < 1.29 is 4.79 Å². The number of rotatable bonds is 3. The van der Waals surface area contributed by atoms with Crippen LogP contribution < -0.4 is 10.2 Å². The minimum atomic E-state index is -0.0576. The van der Waals surface area contributed by atoms with Crippen molar-refractivity contribution in [3.05, 3.63) is 17.6 Å². The van der Waals surface area contributed by atoms with Gasteiger partial charge in [0.25, 0.3) is 5.91 Å². The lowest BCUT2D eigenvalue weighted by molar-refractivity contribution is 0.0922. The molecule has 1 aromatic rings. The second-order valence-electron chi connectivity index (χ2n) is 6.76. The largest absolute Gasteiger partial charge is 0.354 e. The molecule has 1 saturated carbocycles. The number of carbonyl (C=O) groups excluding carboxylic acids is 1. The fourth-order valence-electron chi connectivity index (χ4n) is 3.37. The number of amides is 1. The van der Waals surface area contributed by atoms with E-state index in [9.17, 15) is 4.79 Å². The summed E-state index contributed by atoms with van der Waals surface area (Å²) in [4.78, 5) is 25.9. The molecule has 3 rings (SSSR count). The van der Waals surface area contributed by atoms with E-state index < -0.39 is 0 Å². The van der Waals surface area contributed by atoms with E-state index in [1.807, 2.05) is 13.0 Å². The number of likely N-dealkylation sites (N-methyl/N-ethyl adjacent to an activating group) is 1. The number of aryl methyl sites for hydroxylation is 1. The third kappa shape index (κ3) is 4.19. The zero-order chi connectivity index (χ0) is 16.2. The molecule has 2 fully saturated rings. The van der Waals surface area contributed by atoms with Crippen molar-refractivity contribution in [2.24, 2.45) is 0 Å². The van der Waals surface area contributed by atoms with Crippen LogP contribution in [0, 0.1) is 6.92 Å². The monoisotopic (exact) mass is 317 g/mol. The van der Waals surface area contributed by atoms with Crippen molar-refractivity contribution in [2.75, 3.05) is 38.1 Å². The van der Waals surface area contributed by atoms with Crippen LogP contribution in [0.15, 0.2) is 6.07 Å². The van der Waals surface area contributed by atoms with Crippen LogP contribution in [-0.2, 0) is 0 Å². The molecule has 2 aliphatic rings. The highest BCUT2D eigenvalue weighted by molar-refractivity contribution is 5.93. The van der Waals surface area contributed by atoms with Crippen LogP contribution in [0.2, 0.25) is 0 Å². The molecule has 126 valence electrons. The van der Waals surface area contributed by atoms with E-state index in [0.29, 0.717) is 17.6 Å². The topological polar surface area (TPSA) is 61.4 Å². The Morgan fingerprint density at radius 1 is 1.13 bits per heavy atom. The lowest BCUT2D eigenvalue weighted by atomic mass is 9.95. The van der Waals surface area contributed by atoms with Gasteiger partial charge in [-0.3, -0.25) is 4.79 Å². The number of carbonyl (C=O) groups is 1. The Bertz CT molecular complexity index is 548. The predicted octanol–water partition coefficient (Wildman–Crippen LogP) is 1.60. The third-order valence-electron chi connectivity index (χ3n) is 4.82. The molecule has 0 unspecified atom stereocenters. The van der Waals surface area contributed by atoms with Crippen molar-refractivity contribution in [2.45, 2.75) is 45.1 Å². The van der Waals surface area contributed by atoms with Gasteiger partial charge in [0.1, 0.15) is 17.3 Å². The lowest BCUT2D eigenvalue weighted by Crippen LogP contribution is -2.45. The van der Waals surface area contributed by atoms with Crippen LogP contribution in [0.4, 0.5) is 5.82 Å². The lowest BCUT2D eigenvalue weighted by Gasteiger charge is -2.33. The Labute approximate surface area is 138 Å². The highest BCUT2D eigenvalue weighted by Gasteiger charge is 2.21. The molecular weight excluding hydrogens is 290 g/mol. The fourth-order valence-corrected chi connectivity index (χ4v) is 3.37. The maximum Gasteiger partial charge on any atom is 0.270 e. The van der Waals surface area contributed by atoms with Gasteiger partial charge >= 0.3 is 0 Å². The number of piperazine rings is 1. The smallest absolute Gasteiger partial charge is 0.270 e. The van der Waals surface area contributed by atoms with Crippen molar-refractivity contribution in [1.29, 1.82) is 0 Å². The summed E-state index contributed by atoms with van der Waals surface area (Å²) in [6.07, 6.45) is 5.87. The van der Waals surface area contributed by atoms with Crippen molar-refractivity contribution >= 4 is 11.7 Å². The van der Waals surface area contributed by atoms with Gasteiger partial charge < -0.3 is 15.1 Å². The first-order valence-corrected chi connectivity index (χ1v) is 8.72. The molecule has 6 heteroatoms. The molecule has 0 spiro atoms. The minimum absolute atomic E-state index is 0.0576. The van der Waals surface area contributed by atoms with Crippen LogP contribution >= 0.6 is 0 Å². The van der Waals surface area contributed by atoms with Crippen molar-refractivity contribution in [1.82, 2.24) is 20.2 Å². The van der Waals surface area contributed by atoms with Gasteiger partial charge in [-0.05, 0) is 26.8 Å². The van der Waals surface area contributed by atoms with Crippen LogP contribution in [-0.4, -0.2) is 60.0 Å². The first-order valence-electron chi connectivity index (χ1n) is 8.72. The van der Waals surface area contributed by atoms with Crippen molar-refractivity contribution in [3.8, 4) is 0 Å². The molecule has 0 atom stereocenters. The summed E-state index contributed by atoms with van der Waals surface area (Å²) >= 11 is 0. The van der Waals surface area contributed by atoms with Crippen LogP contribution in [0.5, 0.6) is 0 Å². The van der Waals surface area contributed by atoms with Gasteiger partial charge in [0.2, 0.25) is 0 Å². The second-order valence-corrected chi connectivity index (χ2v) is 6.76. The summed E-state index contributed by atoms with van der Waals surface area (Å²) in [5.74, 6) is 1.48. The molecule has 1 saturated heterocycles. The van der Waals surface area contributed by atoms with Gasteiger partial charge in [0, 0.05) is 38.3 Å². The standard InChI is InChI=1S/C17H27N5O/c1-13-18-15(17(23)20-14-6-4-3-5-7-14)12-16(19-13)22-10-8-21(2)9-11-22/h12,14H,3-11H2,1-2H3,(H,20,23). The van der Waals surface area contributed by atoms with Gasteiger partial charge in [-0.2, -0.15) is 0 Å². The van der Waals surface area contributed by atoms with E-state index in [4.69, 9.17) is 0 Å². The fraction of sp³-hybridized carbons (Fsp3) is 0.706. The first kappa shape index (κ1) is 16.2. The Hall–Kier alpha value is -1.69. The van der Waals surface area contributed by atoms with Gasteiger partial charge in [-0.1, -0.05) is 19.3 Å². The van der Waals surface area contributed by atoms with Gasteiger partial charge in [0.15, 0.2) is 0 Å². The SMILES string of the molecule is Cc1nc(C(=O)NC2CCCCC2)cc(N2CCN(C)CC2)n1. The van der Waals surface area contributed by atoms with Crippen LogP contribution in [0.3, 0.4) is 0 Å². The third-order valence-corrected chi connectivity index (χ3v) is 4.82. The van der Waals surface area contributed by atoms with Crippen molar-refractivity contribution in [3.63, 3.8) is 0 Å². The Balaban J connectivity index is 1.70. The Kier molecular flexibility index (Phi) is 5.10. The average molecular weight is 317 g/mol. The summed E-state index contributed by atoms with van der Waals surface area (Å²) in [7, 11) is 2.13. The molecule has 1 amide bonds. The van der Waals surface area contributed by atoms with E-state index in [1.165, 1.54) is 19.3 Å². The summed E-state index contributed by atoms with van der Waals surface area (Å²) < 4.78 is 0. The molecular formula is C17H27N5O. The second kappa shape index (κ2) is 7.25. The average Bonchev–Trinajstić information content (AvgIpc) is 2.56. The zero-order valence-corrected chi connectivity index (χ0v) is 14.2. The normalized spacial score (nSPS) is 20.5. The Morgan fingerprint density at radius 2 is 1.83 bits per heavy atom. The van der Waals surface area contributed by atoms with Crippen LogP contribution in [0.25, 0.3) is 0 Å². The van der Waals surface area contributed by atoms with E-state index >= 15 is 0 Å². The van der Waals surface area contributed by atoms with Crippen LogP contribution in [0.1, 0.15) is 48.4 Å². The molecule has 6 nitrogen and oxygen atoms in total. The highest BCUT2D eigenvalue weighted by atomic mass is 16.1. The molecule has 1 aliphatic heterocycles. The number of anilines is 1. The summed E-state index contributed by atoms with van der Waals surface area (Å²) in [5, 5.41) is 3.14. The molecule has 0 aromatic carbocycles. The van der Waals surface area contributed by atoms with Gasteiger partial charge in [0.05, 0.1) is 0 Å².